The van der Waals surface area contributed by atoms with Gasteiger partial charge in [-0.15, -0.1) is 0 Å². The molecule has 0 bridgehead atoms. The molecule has 1 aliphatic rings. The molecule has 3 N–H and O–H groups in total. The van der Waals surface area contributed by atoms with Crippen molar-refractivity contribution in [2.75, 3.05) is 6.54 Å². The first-order valence-electron chi connectivity index (χ1n) is 6.57. The van der Waals surface area contributed by atoms with E-state index in [9.17, 15) is 14.0 Å². The van der Waals surface area contributed by atoms with Crippen LogP contribution < -0.4 is 10.6 Å². The van der Waals surface area contributed by atoms with Gasteiger partial charge in [-0.25, -0.2) is 9.18 Å². The maximum atomic E-state index is 13.5. The van der Waals surface area contributed by atoms with E-state index in [4.69, 9.17) is 5.11 Å². The van der Waals surface area contributed by atoms with E-state index in [1.807, 2.05) is 0 Å². The number of nitrogens with one attached hydrogen (secondary N) is 2. The Kier molecular flexibility index (Phi) is 4.55. The topological polar surface area (TPSA) is 78.4 Å². The molecule has 1 aromatic rings. The van der Waals surface area contributed by atoms with Gasteiger partial charge in [0.2, 0.25) is 0 Å². The second-order valence-corrected chi connectivity index (χ2v) is 4.93. The molecular formula is C14H17FN2O3. The van der Waals surface area contributed by atoms with Crippen LogP contribution in [-0.2, 0) is 4.79 Å². The zero-order valence-corrected chi connectivity index (χ0v) is 10.9. The van der Waals surface area contributed by atoms with E-state index in [2.05, 4.69) is 10.6 Å². The van der Waals surface area contributed by atoms with E-state index >= 15 is 0 Å². The van der Waals surface area contributed by atoms with Crippen LogP contribution >= 0.6 is 0 Å². The molecule has 0 saturated heterocycles. The highest BCUT2D eigenvalue weighted by molar-refractivity contribution is 5.75. The molecule has 2 amide bonds. The minimum atomic E-state index is -0.950. The molecule has 1 aliphatic carbocycles. The standard InChI is InChI=1S/C14H17FN2O3/c15-12-4-2-1-3-11(12)9-7-10(8-9)17-14(20)16-6-5-13(18)19/h1-4,9-10H,5-8H2,(H,18,19)(H2,16,17,20). The molecule has 0 radical (unpaired) electrons. The molecule has 1 fully saturated rings. The molecule has 0 spiro atoms. The molecule has 0 atom stereocenters. The molecule has 108 valence electrons. The smallest absolute Gasteiger partial charge is 0.315 e. The molecule has 1 saturated carbocycles. The summed E-state index contributed by atoms with van der Waals surface area (Å²) in [5.41, 5.74) is 0.692. The molecular weight excluding hydrogens is 263 g/mol. The lowest BCUT2D eigenvalue weighted by Crippen LogP contribution is -2.48. The number of carboxylic acids is 1. The van der Waals surface area contributed by atoms with Crippen LogP contribution in [0.4, 0.5) is 9.18 Å². The molecule has 0 aliphatic heterocycles. The molecule has 2 rings (SSSR count). The van der Waals surface area contributed by atoms with Crippen molar-refractivity contribution in [1.82, 2.24) is 10.6 Å². The van der Waals surface area contributed by atoms with Crippen molar-refractivity contribution in [3.63, 3.8) is 0 Å². The lowest BCUT2D eigenvalue weighted by molar-refractivity contribution is -0.136. The fourth-order valence-corrected chi connectivity index (χ4v) is 2.32. The predicted molar refractivity (Wildman–Crippen MR) is 71.0 cm³/mol. The highest BCUT2D eigenvalue weighted by atomic mass is 19.1. The molecule has 1 aromatic carbocycles. The van der Waals surface area contributed by atoms with E-state index < -0.39 is 5.97 Å². The van der Waals surface area contributed by atoms with Crippen molar-refractivity contribution in [2.45, 2.75) is 31.2 Å². The van der Waals surface area contributed by atoms with Crippen molar-refractivity contribution in [3.05, 3.63) is 35.6 Å². The van der Waals surface area contributed by atoms with Crippen LogP contribution in [-0.4, -0.2) is 29.7 Å². The Labute approximate surface area is 116 Å². The largest absolute Gasteiger partial charge is 0.481 e. The van der Waals surface area contributed by atoms with Crippen molar-refractivity contribution in [3.8, 4) is 0 Å². The van der Waals surface area contributed by atoms with Crippen molar-refractivity contribution < 1.29 is 19.1 Å². The number of rotatable bonds is 5. The Hall–Kier alpha value is -2.11. The van der Waals surface area contributed by atoms with Gasteiger partial charge in [0.25, 0.3) is 0 Å². The van der Waals surface area contributed by atoms with Crippen LogP contribution in [0.2, 0.25) is 0 Å². The first-order chi connectivity index (χ1) is 9.56. The van der Waals surface area contributed by atoms with Crippen molar-refractivity contribution >= 4 is 12.0 Å². The Morgan fingerprint density at radius 1 is 1.30 bits per heavy atom. The predicted octanol–water partition coefficient (Wildman–Crippen LogP) is 1.85. The minimum Gasteiger partial charge on any atom is -0.481 e. The summed E-state index contributed by atoms with van der Waals surface area (Å²) < 4.78 is 13.5. The van der Waals surface area contributed by atoms with Crippen LogP contribution in [0.1, 0.15) is 30.7 Å². The van der Waals surface area contributed by atoms with Crippen LogP contribution in [0.25, 0.3) is 0 Å². The molecule has 20 heavy (non-hydrogen) atoms. The van der Waals surface area contributed by atoms with Gasteiger partial charge in [-0.1, -0.05) is 18.2 Å². The Morgan fingerprint density at radius 3 is 2.65 bits per heavy atom. The van der Waals surface area contributed by atoms with E-state index in [-0.39, 0.29) is 36.8 Å². The quantitative estimate of drug-likeness (QED) is 0.770. The van der Waals surface area contributed by atoms with Gasteiger partial charge >= 0.3 is 12.0 Å². The molecule has 6 heteroatoms. The van der Waals surface area contributed by atoms with Gasteiger partial charge in [0.05, 0.1) is 6.42 Å². The Balaban J connectivity index is 1.70. The van der Waals surface area contributed by atoms with Gasteiger partial charge in [-0.2, -0.15) is 0 Å². The van der Waals surface area contributed by atoms with Gasteiger partial charge in [0.15, 0.2) is 0 Å². The first-order valence-corrected chi connectivity index (χ1v) is 6.57. The number of carbonyl (C=O) groups excluding carboxylic acids is 1. The average Bonchev–Trinajstić information content (AvgIpc) is 2.34. The summed E-state index contributed by atoms with van der Waals surface area (Å²) in [6.07, 6.45) is 1.30. The number of amides is 2. The monoisotopic (exact) mass is 280 g/mol. The summed E-state index contributed by atoms with van der Waals surface area (Å²) in [6, 6.07) is 6.31. The van der Waals surface area contributed by atoms with Crippen molar-refractivity contribution in [1.29, 1.82) is 0 Å². The zero-order valence-electron chi connectivity index (χ0n) is 10.9. The van der Waals surface area contributed by atoms with Gasteiger partial charge in [0, 0.05) is 12.6 Å². The highest BCUT2D eigenvalue weighted by Gasteiger charge is 2.32. The van der Waals surface area contributed by atoms with Crippen LogP contribution in [0, 0.1) is 5.82 Å². The van der Waals surface area contributed by atoms with Crippen LogP contribution in [0.3, 0.4) is 0 Å². The van der Waals surface area contributed by atoms with E-state index in [1.165, 1.54) is 6.07 Å². The highest BCUT2D eigenvalue weighted by Crippen LogP contribution is 2.37. The third-order valence-electron chi connectivity index (χ3n) is 3.44. The summed E-state index contributed by atoms with van der Waals surface area (Å²) in [4.78, 5) is 21.7. The molecule has 0 heterocycles. The summed E-state index contributed by atoms with van der Waals surface area (Å²) in [6.45, 7) is 0.102. The van der Waals surface area contributed by atoms with E-state index in [0.29, 0.717) is 18.4 Å². The number of carboxylic acid groups (broad SMARTS) is 1. The Bertz CT molecular complexity index is 501. The third kappa shape index (κ3) is 3.69. The molecule has 5 nitrogen and oxygen atoms in total. The fourth-order valence-electron chi connectivity index (χ4n) is 2.32. The summed E-state index contributed by atoms with van der Waals surface area (Å²) in [7, 11) is 0. The van der Waals surface area contributed by atoms with Crippen molar-refractivity contribution in [2.24, 2.45) is 0 Å². The van der Waals surface area contributed by atoms with Crippen LogP contribution in [0.5, 0.6) is 0 Å². The normalized spacial score (nSPS) is 20.9. The summed E-state index contributed by atoms with van der Waals surface area (Å²) >= 11 is 0. The summed E-state index contributed by atoms with van der Waals surface area (Å²) in [5, 5.41) is 13.7. The summed E-state index contributed by atoms with van der Waals surface area (Å²) in [5.74, 6) is -1.02. The Morgan fingerprint density at radius 2 is 2.00 bits per heavy atom. The van der Waals surface area contributed by atoms with Gasteiger partial charge in [-0.05, 0) is 30.4 Å². The van der Waals surface area contributed by atoms with Crippen LogP contribution in [0.15, 0.2) is 24.3 Å². The number of hydrogen-bond donors (Lipinski definition) is 3. The number of halogens is 1. The maximum absolute atomic E-state index is 13.5. The van der Waals surface area contributed by atoms with Gasteiger partial charge < -0.3 is 15.7 Å². The number of urea groups is 1. The number of aliphatic carboxylic acids is 1. The fraction of sp³-hybridized carbons (Fsp3) is 0.429. The third-order valence-corrected chi connectivity index (χ3v) is 3.44. The molecule has 0 aromatic heterocycles. The number of hydrogen-bond acceptors (Lipinski definition) is 2. The second kappa shape index (κ2) is 6.36. The zero-order chi connectivity index (χ0) is 14.5. The SMILES string of the molecule is O=C(O)CCNC(=O)NC1CC(c2ccccc2F)C1. The molecule has 0 unspecified atom stereocenters. The first kappa shape index (κ1) is 14.3. The second-order valence-electron chi connectivity index (χ2n) is 4.93. The lowest BCUT2D eigenvalue weighted by atomic mass is 9.76. The lowest BCUT2D eigenvalue weighted by Gasteiger charge is -2.36. The minimum absolute atomic E-state index is 0.0180. The van der Waals surface area contributed by atoms with Gasteiger partial charge in [-0.3, -0.25) is 4.79 Å². The maximum Gasteiger partial charge on any atom is 0.315 e. The van der Waals surface area contributed by atoms with E-state index in [1.54, 1.807) is 18.2 Å². The average molecular weight is 280 g/mol. The van der Waals surface area contributed by atoms with Gasteiger partial charge in [0.1, 0.15) is 5.82 Å². The number of benzene rings is 1. The van der Waals surface area contributed by atoms with E-state index in [0.717, 1.165) is 0 Å². The number of carbonyl (C=O) groups is 2.